The van der Waals surface area contributed by atoms with Gasteiger partial charge in [0.05, 0.1) is 20.8 Å². The molecule has 0 aliphatic carbocycles. The first-order chi connectivity index (χ1) is 12.9. The van der Waals surface area contributed by atoms with Crippen LogP contribution in [0.25, 0.3) is 10.2 Å². The van der Waals surface area contributed by atoms with E-state index in [9.17, 15) is 4.79 Å². The van der Waals surface area contributed by atoms with Crippen molar-refractivity contribution >= 4 is 80.0 Å². The summed E-state index contributed by atoms with van der Waals surface area (Å²) in [5, 5.41) is 1.52. The molecule has 0 radical (unpaired) electrons. The molecule has 1 aromatic heterocycles. The van der Waals surface area contributed by atoms with Crippen molar-refractivity contribution < 1.29 is 4.79 Å². The maximum atomic E-state index is 13.3. The predicted molar refractivity (Wildman–Crippen MR) is 125 cm³/mol. The van der Waals surface area contributed by atoms with Gasteiger partial charge < -0.3 is 4.90 Å². The van der Waals surface area contributed by atoms with E-state index in [1.807, 2.05) is 43.5 Å². The van der Waals surface area contributed by atoms with Gasteiger partial charge in [-0.2, -0.15) is 0 Å². The summed E-state index contributed by atoms with van der Waals surface area (Å²) >= 11 is 15.5. The number of para-hydroxylation sites is 1. The lowest BCUT2D eigenvalue weighted by atomic mass is 10.2. The highest BCUT2D eigenvalue weighted by molar-refractivity contribution is 7.98. The molecule has 1 heterocycles. The number of likely N-dealkylation sites (N-methyl/N-ethyl adjacent to an activating group) is 1. The molecule has 28 heavy (non-hydrogen) atoms. The zero-order valence-corrected chi connectivity index (χ0v) is 19.6. The van der Waals surface area contributed by atoms with Crippen molar-refractivity contribution in [2.24, 2.45) is 0 Å². The summed E-state index contributed by atoms with van der Waals surface area (Å²) in [4.78, 5) is 22.9. The minimum absolute atomic E-state index is 0. The molecule has 0 unspecified atom stereocenters. The average Bonchev–Trinajstić information content (AvgIpc) is 3.07. The average molecular weight is 477 g/mol. The molecule has 150 valence electrons. The molecule has 9 heteroatoms. The topological polar surface area (TPSA) is 36.4 Å². The number of fused-ring (bicyclic) bond motifs is 1. The van der Waals surface area contributed by atoms with Crippen molar-refractivity contribution in [1.29, 1.82) is 0 Å². The van der Waals surface area contributed by atoms with E-state index in [0.29, 0.717) is 33.8 Å². The second kappa shape index (κ2) is 10.1. The number of amides is 1. The van der Waals surface area contributed by atoms with Crippen LogP contribution in [0.4, 0.5) is 5.13 Å². The molecule has 0 bridgehead atoms. The maximum Gasteiger partial charge on any atom is 0.261 e. The summed E-state index contributed by atoms with van der Waals surface area (Å²) in [6.07, 6.45) is 2.02. The van der Waals surface area contributed by atoms with Crippen LogP contribution in [0.1, 0.15) is 10.4 Å². The third kappa shape index (κ3) is 5.12. The summed E-state index contributed by atoms with van der Waals surface area (Å²) in [7, 11) is 3.94. The number of nitrogens with zero attached hydrogens (tertiary/aromatic N) is 3. The molecule has 0 aliphatic heterocycles. The molecule has 0 saturated heterocycles. The Balaban J connectivity index is 0.00000280. The summed E-state index contributed by atoms with van der Waals surface area (Å²) in [5.41, 5.74) is 1.30. The minimum Gasteiger partial charge on any atom is -0.308 e. The van der Waals surface area contributed by atoms with Gasteiger partial charge in [0, 0.05) is 23.0 Å². The lowest BCUT2D eigenvalue weighted by Gasteiger charge is -2.22. The largest absolute Gasteiger partial charge is 0.308 e. The summed E-state index contributed by atoms with van der Waals surface area (Å²) in [6.45, 7) is 1.21. The minimum atomic E-state index is -0.200. The van der Waals surface area contributed by atoms with Crippen LogP contribution >= 0.6 is 58.7 Å². The molecule has 2 aromatic carbocycles. The van der Waals surface area contributed by atoms with Crippen LogP contribution < -0.4 is 4.90 Å². The van der Waals surface area contributed by atoms with Crippen LogP contribution in [0.2, 0.25) is 10.0 Å². The molecular formula is C19H20Cl3N3OS2. The van der Waals surface area contributed by atoms with E-state index in [1.165, 1.54) is 11.3 Å². The molecule has 0 fully saturated rings. The molecular weight excluding hydrogens is 457 g/mol. The number of halogens is 3. The number of thioether (sulfide) groups is 1. The highest BCUT2D eigenvalue weighted by atomic mass is 35.5. The third-order valence-corrected chi connectivity index (χ3v) is 6.37. The zero-order valence-electron chi connectivity index (χ0n) is 15.6. The zero-order chi connectivity index (χ0) is 19.6. The SMILES string of the molecule is CSc1cccc2sc(N(CCN(C)C)C(=O)c3cc(Cl)ccc3Cl)nc12.Cl. The number of carbonyl (C=O) groups is 1. The van der Waals surface area contributed by atoms with E-state index in [-0.39, 0.29) is 18.3 Å². The van der Waals surface area contributed by atoms with Crippen molar-refractivity contribution in [3.63, 3.8) is 0 Å². The fraction of sp³-hybridized carbons (Fsp3) is 0.263. The Labute approximate surface area is 189 Å². The Morgan fingerprint density at radius 2 is 1.93 bits per heavy atom. The number of carbonyl (C=O) groups excluding carboxylic acids is 1. The van der Waals surface area contributed by atoms with Gasteiger partial charge in [-0.25, -0.2) is 4.98 Å². The second-order valence-electron chi connectivity index (χ2n) is 6.19. The lowest BCUT2D eigenvalue weighted by Crippen LogP contribution is -2.36. The molecule has 0 aliphatic rings. The maximum absolute atomic E-state index is 13.3. The van der Waals surface area contributed by atoms with Gasteiger partial charge >= 0.3 is 0 Å². The number of thiazole rings is 1. The summed E-state index contributed by atoms with van der Waals surface area (Å²) in [5.74, 6) is -0.200. The van der Waals surface area contributed by atoms with Gasteiger partial charge in [0.25, 0.3) is 5.91 Å². The highest BCUT2D eigenvalue weighted by Gasteiger charge is 2.24. The van der Waals surface area contributed by atoms with E-state index in [0.717, 1.165) is 15.1 Å². The lowest BCUT2D eigenvalue weighted by molar-refractivity contribution is 0.0985. The Bertz CT molecular complexity index is 978. The van der Waals surface area contributed by atoms with E-state index in [1.54, 1.807) is 34.9 Å². The van der Waals surface area contributed by atoms with Gasteiger partial charge in [0.15, 0.2) is 5.13 Å². The standard InChI is InChI=1S/C19H19Cl2N3OS2.ClH/c1-23(2)9-10-24(18(25)13-11-12(20)7-8-14(13)21)19-22-17-15(26-3)5-4-6-16(17)27-19;/h4-8,11H,9-10H2,1-3H3;1H. The molecule has 0 saturated carbocycles. The number of hydrogen-bond donors (Lipinski definition) is 0. The fourth-order valence-corrected chi connectivity index (χ4v) is 4.60. The predicted octanol–water partition coefficient (Wildman–Crippen LogP) is 5.96. The van der Waals surface area contributed by atoms with E-state index in [4.69, 9.17) is 28.2 Å². The van der Waals surface area contributed by atoms with Crippen molar-refractivity contribution in [3.05, 3.63) is 52.0 Å². The van der Waals surface area contributed by atoms with Gasteiger partial charge in [-0.1, -0.05) is 40.6 Å². The number of anilines is 1. The Hall–Kier alpha value is -1.02. The van der Waals surface area contributed by atoms with Crippen molar-refractivity contribution in [3.8, 4) is 0 Å². The van der Waals surface area contributed by atoms with Gasteiger partial charge in [-0.05, 0) is 50.7 Å². The Kier molecular flexibility index (Phi) is 8.43. The first kappa shape index (κ1) is 23.3. The molecule has 1 amide bonds. The molecule has 3 aromatic rings. The van der Waals surface area contributed by atoms with E-state index >= 15 is 0 Å². The van der Waals surface area contributed by atoms with Gasteiger partial charge in [-0.15, -0.1) is 24.2 Å². The van der Waals surface area contributed by atoms with Crippen LogP contribution in [-0.4, -0.2) is 49.2 Å². The molecule has 0 N–H and O–H groups in total. The van der Waals surface area contributed by atoms with E-state index in [2.05, 4.69) is 0 Å². The molecule has 3 rings (SSSR count). The molecule has 4 nitrogen and oxygen atoms in total. The number of hydrogen-bond acceptors (Lipinski definition) is 5. The summed E-state index contributed by atoms with van der Waals surface area (Å²) in [6, 6.07) is 11.0. The monoisotopic (exact) mass is 475 g/mol. The second-order valence-corrected chi connectivity index (χ2v) is 8.89. The van der Waals surface area contributed by atoms with Crippen molar-refractivity contribution in [1.82, 2.24) is 9.88 Å². The van der Waals surface area contributed by atoms with Gasteiger partial charge in [0.1, 0.15) is 0 Å². The first-order valence-corrected chi connectivity index (χ1v) is 11.1. The Morgan fingerprint density at radius 1 is 1.18 bits per heavy atom. The van der Waals surface area contributed by atoms with Crippen LogP contribution in [0.15, 0.2) is 41.3 Å². The van der Waals surface area contributed by atoms with E-state index < -0.39 is 0 Å². The Morgan fingerprint density at radius 3 is 2.61 bits per heavy atom. The van der Waals surface area contributed by atoms with Crippen molar-refractivity contribution in [2.45, 2.75) is 4.90 Å². The van der Waals surface area contributed by atoms with Crippen molar-refractivity contribution in [2.75, 3.05) is 38.3 Å². The first-order valence-electron chi connectivity index (χ1n) is 8.26. The van der Waals surface area contributed by atoms with Gasteiger partial charge in [-0.3, -0.25) is 9.69 Å². The molecule has 0 spiro atoms. The quantitative estimate of drug-likeness (QED) is 0.412. The van der Waals surface area contributed by atoms with Gasteiger partial charge in [0.2, 0.25) is 0 Å². The smallest absolute Gasteiger partial charge is 0.261 e. The number of benzene rings is 2. The van der Waals surface area contributed by atoms with Crippen LogP contribution in [0.3, 0.4) is 0 Å². The van der Waals surface area contributed by atoms with Crippen LogP contribution in [0.5, 0.6) is 0 Å². The third-order valence-electron chi connectivity index (χ3n) is 4.00. The van der Waals surface area contributed by atoms with Crippen LogP contribution in [-0.2, 0) is 0 Å². The normalized spacial score (nSPS) is 10.9. The highest BCUT2D eigenvalue weighted by Crippen LogP contribution is 2.35. The fourth-order valence-electron chi connectivity index (χ4n) is 2.58. The number of aromatic nitrogens is 1. The van der Waals surface area contributed by atoms with Crippen LogP contribution in [0, 0.1) is 0 Å². The number of rotatable bonds is 6. The summed E-state index contributed by atoms with van der Waals surface area (Å²) < 4.78 is 1.05. The molecule has 0 atom stereocenters.